The number of ether oxygens (including phenoxy) is 4. The third-order valence-corrected chi connectivity index (χ3v) is 7.96. The summed E-state index contributed by atoms with van der Waals surface area (Å²) in [4.78, 5) is 49.5. The zero-order valence-electron chi connectivity index (χ0n) is 23.1. The predicted molar refractivity (Wildman–Crippen MR) is 154 cm³/mol. The Balaban J connectivity index is 1.92. The summed E-state index contributed by atoms with van der Waals surface area (Å²) in [5.74, 6) is -2.08. The number of nitrogens with one attached hydrogen (secondary N) is 1. The van der Waals surface area contributed by atoms with E-state index in [1.165, 1.54) is 26.0 Å². The average molecular weight is 580 g/mol. The Bertz CT molecular complexity index is 1190. The molecule has 0 saturated carbocycles. The highest BCUT2D eigenvalue weighted by Gasteiger charge is 2.39. The number of rotatable bonds is 13. The highest BCUT2D eigenvalue weighted by Crippen LogP contribution is 2.48. The van der Waals surface area contributed by atoms with Crippen LogP contribution in [-0.4, -0.2) is 63.2 Å². The van der Waals surface area contributed by atoms with E-state index < -0.39 is 40.9 Å². The first-order chi connectivity index (χ1) is 19.8. The third-order valence-electron chi connectivity index (χ3n) is 6.35. The van der Waals surface area contributed by atoms with E-state index in [9.17, 15) is 19.2 Å². The number of methoxy groups -OCH3 is 3. The summed E-state index contributed by atoms with van der Waals surface area (Å²) >= 11 is 1.41. The molecule has 0 aliphatic heterocycles. The molecule has 0 aliphatic carbocycles. The van der Waals surface area contributed by atoms with Crippen molar-refractivity contribution in [3.63, 3.8) is 0 Å². The van der Waals surface area contributed by atoms with Crippen LogP contribution in [0.3, 0.4) is 0 Å². The number of carbonyl (C=O) groups excluding carboxylic acids is 4. The van der Waals surface area contributed by atoms with Gasteiger partial charge in [0.05, 0.1) is 26.1 Å². The zero-order chi connectivity index (χ0) is 29.7. The quantitative estimate of drug-likeness (QED) is 0.178. The second kappa shape index (κ2) is 15.5. The van der Waals surface area contributed by atoms with Crippen LogP contribution >= 0.6 is 11.8 Å². The number of benzene rings is 3. The molecule has 216 valence electrons. The third kappa shape index (κ3) is 8.11. The number of hydrogen-bond donors (Lipinski definition) is 1. The Kier molecular flexibility index (Phi) is 11.8. The molecule has 0 saturated heterocycles. The fraction of sp³-hybridized carbons (Fsp3) is 0.290. The van der Waals surface area contributed by atoms with Crippen molar-refractivity contribution in [1.82, 2.24) is 5.32 Å². The van der Waals surface area contributed by atoms with Gasteiger partial charge < -0.3 is 24.3 Å². The fourth-order valence-electron chi connectivity index (χ4n) is 4.31. The van der Waals surface area contributed by atoms with Crippen LogP contribution in [0, 0.1) is 0 Å². The predicted octanol–water partition coefficient (Wildman–Crippen LogP) is 4.47. The Morgan fingerprint density at radius 3 is 1.59 bits per heavy atom. The van der Waals surface area contributed by atoms with Crippen LogP contribution in [0.1, 0.15) is 29.5 Å². The molecule has 0 aliphatic rings. The summed E-state index contributed by atoms with van der Waals surface area (Å²) in [6, 6.07) is 28.3. The van der Waals surface area contributed by atoms with Crippen LogP contribution in [0.4, 0.5) is 4.79 Å². The minimum atomic E-state index is -1.32. The Hall–Kier alpha value is -4.31. The molecule has 0 aromatic heterocycles. The molecule has 41 heavy (non-hydrogen) atoms. The van der Waals surface area contributed by atoms with Gasteiger partial charge in [-0.25, -0.2) is 14.4 Å². The monoisotopic (exact) mass is 579 g/mol. The van der Waals surface area contributed by atoms with Crippen molar-refractivity contribution in [2.24, 2.45) is 0 Å². The molecule has 1 amide bonds. The van der Waals surface area contributed by atoms with Crippen molar-refractivity contribution in [3.8, 4) is 0 Å². The summed E-state index contributed by atoms with van der Waals surface area (Å²) in [6.07, 6.45) is -2.57. The van der Waals surface area contributed by atoms with E-state index in [-0.39, 0.29) is 18.6 Å². The molecular formula is C31H33NO8S. The van der Waals surface area contributed by atoms with E-state index in [0.717, 1.165) is 23.8 Å². The lowest BCUT2D eigenvalue weighted by Gasteiger charge is -2.36. The van der Waals surface area contributed by atoms with Crippen molar-refractivity contribution in [3.05, 3.63) is 108 Å². The van der Waals surface area contributed by atoms with Gasteiger partial charge in [0.25, 0.3) is 0 Å². The lowest BCUT2D eigenvalue weighted by atomic mass is 9.84. The standard InChI is InChI=1S/C31H33NO8S/c1-37-27(33)20-19-25(28(34)38-2)32-30(36)40-26(29(35)39-3)21-41-31(22-13-7-4-8-14-22,23-15-9-5-10-16-23)24-17-11-6-12-18-24/h4-18,25-26H,19-21H2,1-3H3,(H,32,36)/t25-,26-/m0/s1. The van der Waals surface area contributed by atoms with Gasteiger partial charge in [0.1, 0.15) is 6.04 Å². The van der Waals surface area contributed by atoms with Crippen molar-refractivity contribution < 1.29 is 38.1 Å². The van der Waals surface area contributed by atoms with Crippen LogP contribution in [-0.2, 0) is 38.1 Å². The van der Waals surface area contributed by atoms with Crippen LogP contribution in [0.25, 0.3) is 0 Å². The molecule has 0 spiro atoms. The van der Waals surface area contributed by atoms with Gasteiger partial charge in [0.15, 0.2) is 0 Å². The minimum absolute atomic E-state index is 0.0177. The molecule has 0 fully saturated rings. The summed E-state index contributed by atoms with van der Waals surface area (Å²) in [5, 5.41) is 2.39. The number of thioether (sulfide) groups is 1. The molecule has 3 aromatic carbocycles. The largest absolute Gasteiger partial charge is 0.469 e. The van der Waals surface area contributed by atoms with E-state index in [2.05, 4.69) is 10.1 Å². The van der Waals surface area contributed by atoms with Gasteiger partial charge >= 0.3 is 24.0 Å². The summed E-state index contributed by atoms with van der Waals surface area (Å²) in [5.41, 5.74) is 2.89. The van der Waals surface area contributed by atoms with Crippen molar-refractivity contribution in [2.45, 2.75) is 29.7 Å². The number of hydrogen-bond acceptors (Lipinski definition) is 9. The van der Waals surface area contributed by atoms with Gasteiger partial charge in [0.2, 0.25) is 6.10 Å². The van der Waals surface area contributed by atoms with E-state index in [4.69, 9.17) is 14.2 Å². The lowest BCUT2D eigenvalue weighted by molar-refractivity contribution is -0.149. The highest BCUT2D eigenvalue weighted by atomic mass is 32.2. The van der Waals surface area contributed by atoms with Crippen LogP contribution < -0.4 is 5.32 Å². The van der Waals surface area contributed by atoms with Gasteiger partial charge in [-0.3, -0.25) is 4.79 Å². The van der Waals surface area contributed by atoms with E-state index >= 15 is 0 Å². The maximum absolute atomic E-state index is 12.9. The van der Waals surface area contributed by atoms with Crippen molar-refractivity contribution in [1.29, 1.82) is 0 Å². The Labute approximate surface area is 243 Å². The Morgan fingerprint density at radius 2 is 1.17 bits per heavy atom. The lowest BCUT2D eigenvalue weighted by Crippen LogP contribution is -2.45. The molecule has 10 heteroatoms. The normalized spacial score (nSPS) is 12.4. The van der Waals surface area contributed by atoms with Crippen LogP contribution in [0.15, 0.2) is 91.0 Å². The summed E-state index contributed by atoms with van der Waals surface area (Å²) < 4.78 is 19.0. The molecule has 0 heterocycles. The number of esters is 3. The Morgan fingerprint density at radius 1 is 0.707 bits per heavy atom. The maximum Gasteiger partial charge on any atom is 0.408 e. The maximum atomic E-state index is 12.9. The molecule has 9 nitrogen and oxygen atoms in total. The molecule has 2 atom stereocenters. The van der Waals surface area contributed by atoms with Gasteiger partial charge in [-0.15, -0.1) is 11.8 Å². The molecule has 3 rings (SSSR count). The van der Waals surface area contributed by atoms with Crippen LogP contribution in [0.2, 0.25) is 0 Å². The van der Waals surface area contributed by atoms with Gasteiger partial charge in [-0.1, -0.05) is 91.0 Å². The van der Waals surface area contributed by atoms with E-state index in [1.807, 2.05) is 91.0 Å². The van der Waals surface area contributed by atoms with E-state index in [0.29, 0.717) is 0 Å². The second-order valence-electron chi connectivity index (χ2n) is 8.84. The van der Waals surface area contributed by atoms with Gasteiger partial charge in [0, 0.05) is 12.2 Å². The molecule has 0 bridgehead atoms. The smallest absolute Gasteiger partial charge is 0.408 e. The first kappa shape index (κ1) is 31.2. The van der Waals surface area contributed by atoms with Crippen molar-refractivity contribution >= 4 is 35.8 Å². The minimum Gasteiger partial charge on any atom is -0.469 e. The number of carbonyl (C=O) groups is 4. The van der Waals surface area contributed by atoms with Crippen LogP contribution in [0.5, 0.6) is 0 Å². The first-order valence-electron chi connectivity index (χ1n) is 12.9. The fourth-order valence-corrected chi connectivity index (χ4v) is 5.83. The average Bonchev–Trinajstić information content (AvgIpc) is 3.03. The molecule has 3 aromatic rings. The van der Waals surface area contributed by atoms with Crippen molar-refractivity contribution in [2.75, 3.05) is 27.1 Å². The zero-order valence-corrected chi connectivity index (χ0v) is 23.9. The highest BCUT2D eigenvalue weighted by molar-refractivity contribution is 8.00. The molecule has 0 unspecified atom stereocenters. The van der Waals surface area contributed by atoms with Gasteiger partial charge in [-0.05, 0) is 23.1 Å². The topological polar surface area (TPSA) is 117 Å². The van der Waals surface area contributed by atoms with Gasteiger partial charge in [-0.2, -0.15) is 0 Å². The van der Waals surface area contributed by atoms with E-state index in [1.54, 1.807) is 0 Å². The molecular weight excluding hydrogens is 546 g/mol. The number of alkyl carbamates (subject to hydrolysis) is 1. The second-order valence-corrected chi connectivity index (χ2v) is 10.1. The summed E-state index contributed by atoms with van der Waals surface area (Å²) in [7, 11) is 3.58. The SMILES string of the molecule is COC(=O)CC[C@H](NC(=O)O[C@@H](CSC(c1ccccc1)(c1ccccc1)c1ccccc1)C(=O)OC)C(=O)OC. The molecule has 0 radical (unpaired) electrons. The number of amides is 1. The first-order valence-corrected chi connectivity index (χ1v) is 13.8. The molecule has 1 N–H and O–H groups in total. The summed E-state index contributed by atoms with van der Waals surface area (Å²) in [6.45, 7) is 0.